The number of amides is 1. The van der Waals surface area contributed by atoms with Crippen LogP contribution < -0.4 is 10.9 Å². The third kappa shape index (κ3) is 4.31. The number of fused-ring (bicyclic) bond motifs is 1. The first kappa shape index (κ1) is 20.4. The number of hydrogen-bond acceptors (Lipinski definition) is 4. The summed E-state index contributed by atoms with van der Waals surface area (Å²) in [6.45, 7) is 1.84. The molecule has 4 aromatic rings. The summed E-state index contributed by atoms with van der Waals surface area (Å²) in [7, 11) is 0. The zero-order chi connectivity index (χ0) is 21.3. The number of hydrogen-bond donors (Lipinski definition) is 2. The molecule has 0 spiro atoms. The van der Waals surface area contributed by atoms with Crippen LogP contribution in [0.2, 0.25) is 0 Å². The molecule has 0 aliphatic rings. The summed E-state index contributed by atoms with van der Waals surface area (Å²) in [5.74, 6) is -0.578. The lowest BCUT2D eigenvalue weighted by Crippen LogP contribution is -2.23. The van der Waals surface area contributed by atoms with Crippen LogP contribution in [0.3, 0.4) is 0 Å². The molecule has 2 aromatic heterocycles. The molecular weight excluding hydrogens is 471 g/mol. The fourth-order valence-electron chi connectivity index (χ4n) is 2.95. The van der Waals surface area contributed by atoms with Crippen LogP contribution >= 0.6 is 27.7 Å². The number of carbonyl (C=O) groups is 1. The first-order valence-electron chi connectivity index (χ1n) is 8.97. The molecule has 0 radical (unpaired) electrons. The number of nitrogens with one attached hydrogen (secondary N) is 2. The number of nitrogens with zero attached hydrogens (tertiary/aromatic N) is 2. The van der Waals surface area contributed by atoms with E-state index < -0.39 is 5.82 Å². The zero-order valence-corrected chi connectivity index (χ0v) is 18.2. The molecule has 0 bridgehead atoms. The van der Waals surface area contributed by atoms with Crippen LogP contribution in [0.25, 0.3) is 16.7 Å². The second-order valence-corrected chi connectivity index (χ2v) is 8.43. The van der Waals surface area contributed by atoms with Gasteiger partial charge in [-0.25, -0.2) is 9.37 Å². The minimum absolute atomic E-state index is 0.0542. The van der Waals surface area contributed by atoms with Crippen LogP contribution in [-0.4, -0.2) is 26.2 Å². The third-order valence-electron chi connectivity index (χ3n) is 4.30. The van der Waals surface area contributed by atoms with Gasteiger partial charge >= 0.3 is 0 Å². The Morgan fingerprint density at radius 2 is 1.90 bits per heavy atom. The van der Waals surface area contributed by atoms with Gasteiger partial charge in [-0.1, -0.05) is 27.7 Å². The molecule has 0 aliphatic carbocycles. The van der Waals surface area contributed by atoms with E-state index in [9.17, 15) is 14.0 Å². The minimum atomic E-state index is -0.403. The second kappa shape index (κ2) is 8.45. The van der Waals surface area contributed by atoms with Gasteiger partial charge in [-0.2, -0.15) is 0 Å². The van der Waals surface area contributed by atoms with E-state index in [1.54, 1.807) is 18.2 Å². The first-order valence-corrected chi connectivity index (χ1v) is 10.7. The number of thioether (sulfide) groups is 1. The average molecular weight is 487 g/mol. The topological polar surface area (TPSA) is 79.8 Å². The summed E-state index contributed by atoms with van der Waals surface area (Å²) in [5.41, 5.74) is 2.52. The van der Waals surface area contributed by atoms with Gasteiger partial charge in [0.2, 0.25) is 5.91 Å². The summed E-state index contributed by atoms with van der Waals surface area (Å²) >= 11 is 4.49. The van der Waals surface area contributed by atoms with Gasteiger partial charge in [0.05, 0.1) is 17.0 Å². The lowest BCUT2D eigenvalue weighted by molar-refractivity contribution is -0.113. The molecule has 1 amide bonds. The minimum Gasteiger partial charge on any atom is -0.353 e. The zero-order valence-electron chi connectivity index (χ0n) is 15.8. The van der Waals surface area contributed by atoms with E-state index >= 15 is 0 Å². The number of halogens is 2. The van der Waals surface area contributed by atoms with E-state index in [1.807, 2.05) is 19.1 Å². The number of aryl methyl sites for hydroxylation is 1. The Morgan fingerprint density at radius 1 is 1.20 bits per heavy atom. The second-order valence-electron chi connectivity index (χ2n) is 6.57. The molecule has 0 saturated carbocycles. The van der Waals surface area contributed by atoms with E-state index in [1.165, 1.54) is 28.8 Å². The number of H-pyrrole nitrogens is 1. The van der Waals surface area contributed by atoms with Gasteiger partial charge in [-0.3, -0.25) is 14.2 Å². The molecular formula is C21H16BrFN4O2S. The van der Waals surface area contributed by atoms with Gasteiger partial charge in [0.1, 0.15) is 11.3 Å². The Labute approximate surface area is 183 Å². The van der Waals surface area contributed by atoms with E-state index in [-0.39, 0.29) is 17.2 Å². The van der Waals surface area contributed by atoms with Crippen LogP contribution in [0.15, 0.2) is 69.0 Å². The van der Waals surface area contributed by atoms with Crippen molar-refractivity contribution in [3.05, 3.63) is 80.9 Å². The van der Waals surface area contributed by atoms with Crippen molar-refractivity contribution in [2.24, 2.45) is 0 Å². The number of aromatic amines is 1. The summed E-state index contributed by atoms with van der Waals surface area (Å²) < 4.78 is 15.7. The molecule has 6 nitrogen and oxygen atoms in total. The molecule has 0 aliphatic heterocycles. The molecule has 0 atom stereocenters. The predicted octanol–water partition coefficient (Wildman–Crippen LogP) is 4.65. The maximum atomic E-state index is 13.4. The van der Waals surface area contributed by atoms with Crippen LogP contribution in [0, 0.1) is 12.7 Å². The number of carbonyl (C=O) groups excluding carboxylic acids is 1. The molecule has 2 aromatic carbocycles. The van der Waals surface area contributed by atoms with Crippen molar-refractivity contribution < 1.29 is 9.18 Å². The van der Waals surface area contributed by atoms with Crippen LogP contribution in [0.5, 0.6) is 0 Å². The first-order chi connectivity index (χ1) is 14.4. The highest BCUT2D eigenvalue weighted by Crippen LogP contribution is 2.22. The van der Waals surface area contributed by atoms with Crippen molar-refractivity contribution in [3.8, 4) is 5.69 Å². The summed E-state index contributed by atoms with van der Waals surface area (Å²) in [6, 6.07) is 14.6. The molecule has 4 rings (SSSR count). The van der Waals surface area contributed by atoms with E-state index in [0.29, 0.717) is 27.6 Å². The monoisotopic (exact) mass is 486 g/mol. The fourth-order valence-corrected chi connectivity index (χ4v) is 4.03. The van der Waals surface area contributed by atoms with Crippen molar-refractivity contribution in [1.29, 1.82) is 0 Å². The van der Waals surface area contributed by atoms with Crippen LogP contribution in [0.1, 0.15) is 5.69 Å². The summed E-state index contributed by atoms with van der Waals surface area (Å²) in [5, 5.41) is 3.16. The Hall–Kier alpha value is -2.91. The Kier molecular flexibility index (Phi) is 5.74. The van der Waals surface area contributed by atoms with Crippen molar-refractivity contribution in [2.45, 2.75) is 12.1 Å². The smallest absolute Gasteiger partial charge is 0.283 e. The van der Waals surface area contributed by atoms with Gasteiger partial charge in [0, 0.05) is 15.9 Å². The SMILES string of the molecule is Cc1cc2nc(SCC(=O)Nc3ccc(Br)cc3)n(-c3ccc(F)cc3)c(=O)c2[nH]1. The van der Waals surface area contributed by atoms with Gasteiger partial charge in [-0.15, -0.1) is 0 Å². The predicted molar refractivity (Wildman–Crippen MR) is 120 cm³/mol. The van der Waals surface area contributed by atoms with Crippen molar-refractivity contribution in [1.82, 2.24) is 14.5 Å². The summed E-state index contributed by atoms with van der Waals surface area (Å²) in [4.78, 5) is 33.1. The fraction of sp³-hybridized carbons (Fsp3) is 0.0952. The van der Waals surface area contributed by atoms with Crippen molar-refractivity contribution >= 4 is 50.3 Å². The highest BCUT2D eigenvalue weighted by molar-refractivity contribution is 9.10. The van der Waals surface area contributed by atoms with E-state index in [0.717, 1.165) is 21.9 Å². The molecule has 0 unspecified atom stereocenters. The molecule has 9 heteroatoms. The maximum absolute atomic E-state index is 13.4. The van der Waals surface area contributed by atoms with Gasteiger partial charge < -0.3 is 10.3 Å². The van der Waals surface area contributed by atoms with Crippen LogP contribution in [0.4, 0.5) is 10.1 Å². The Bertz CT molecular complexity index is 1280. The number of rotatable bonds is 5. The van der Waals surface area contributed by atoms with Gasteiger partial charge in [0.15, 0.2) is 5.16 Å². The van der Waals surface area contributed by atoms with Crippen LogP contribution in [-0.2, 0) is 4.79 Å². The molecule has 0 fully saturated rings. The molecule has 30 heavy (non-hydrogen) atoms. The number of benzene rings is 2. The summed E-state index contributed by atoms with van der Waals surface area (Å²) in [6.07, 6.45) is 0. The van der Waals surface area contributed by atoms with Crippen molar-refractivity contribution in [3.63, 3.8) is 0 Å². The lowest BCUT2D eigenvalue weighted by atomic mass is 10.3. The highest BCUT2D eigenvalue weighted by atomic mass is 79.9. The largest absolute Gasteiger partial charge is 0.353 e. The molecule has 2 N–H and O–H groups in total. The average Bonchev–Trinajstić information content (AvgIpc) is 3.10. The highest BCUT2D eigenvalue weighted by Gasteiger charge is 2.16. The van der Waals surface area contributed by atoms with E-state index in [2.05, 4.69) is 31.2 Å². The number of anilines is 1. The quantitative estimate of drug-likeness (QED) is 0.317. The lowest BCUT2D eigenvalue weighted by Gasteiger charge is -2.12. The number of aromatic nitrogens is 3. The molecule has 152 valence electrons. The third-order valence-corrected chi connectivity index (χ3v) is 5.77. The Morgan fingerprint density at radius 3 is 2.60 bits per heavy atom. The normalized spacial score (nSPS) is 11.0. The molecule has 0 saturated heterocycles. The van der Waals surface area contributed by atoms with Gasteiger partial charge in [0.25, 0.3) is 5.56 Å². The van der Waals surface area contributed by atoms with Crippen molar-refractivity contribution in [2.75, 3.05) is 11.1 Å². The van der Waals surface area contributed by atoms with Gasteiger partial charge in [-0.05, 0) is 61.5 Å². The molecule has 2 heterocycles. The maximum Gasteiger partial charge on any atom is 0.283 e. The van der Waals surface area contributed by atoms with E-state index in [4.69, 9.17) is 0 Å². The standard InChI is InChI=1S/C21H16BrFN4O2S/c1-12-10-17-19(24-12)20(29)27(16-8-4-14(23)5-9-16)21(26-17)30-11-18(28)25-15-6-2-13(22)3-7-15/h2-10,24H,11H2,1H3,(H,25,28). The Balaban J connectivity index is 1.65.